The van der Waals surface area contributed by atoms with Gasteiger partial charge in [-0.3, -0.25) is 9.59 Å². The van der Waals surface area contributed by atoms with Crippen LogP contribution in [0.3, 0.4) is 0 Å². The molecule has 0 radical (unpaired) electrons. The van der Waals surface area contributed by atoms with Crippen LogP contribution in [0.25, 0.3) is 30.9 Å². The fourth-order valence-corrected chi connectivity index (χ4v) is 16.5. The summed E-state index contributed by atoms with van der Waals surface area (Å²) in [5.41, 5.74) is 3.94. The number of hydrogen-bond donors (Lipinski definition) is 0. The molecular formula is C65H96N2O3S4. The van der Waals surface area contributed by atoms with Gasteiger partial charge in [0.25, 0.3) is 11.8 Å². The van der Waals surface area contributed by atoms with Crippen LogP contribution in [0.4, 0.5) is 0 Å². The van der Waals surface area contributed by atoms with Crippen LogP contribution in [0.5, 0.6) is 5.75 Å². The van der Waals surface area contributed by atoms with Gasteiger partial charge in [-0.05, 0) is 124 Å². The van der Waals surface area contributed by atoms with Gasteiger partial charge in [-0.1, -0.05) is 172 Å². The summed E-state index contributed by atoms with van der Waals surface area (Å²) in [4.78, 5) is 44.5. The van der Waals surface area contributed by atoms with E-state index in [9.17, 15) is 0 Å². The fourth-order valence-electron chi connectivity index (χ4n) is 12.1. The average molecular weight is 1080 g/mol. The van der Waals surface area contributed by atoms with Crippen molar-refractivity contribution < 1.29 is 14.3 Å². The first-order chi connectivity index (χ1) is 35.6. The largest absolute Gasteiger partial charge is 0.481 e. The predicted molar refractivity (Wildman–Crippen MR) is 324 cm³/mol. The Hall–Kier alpha value is -2.98. The van der Waals surface area contributed by atoms with E-state index in [-0.39, 0.29) is 17.4 Å². The minimum atomic E-state index is -0.373. The second kappa shape index (κ2) is 27.6. The van der Waals surface area contributed by atoms with Gasteiger partial charge in [0.1, 0.15) is 11.4 Å². The highest BCUT2D eigenvalue weighted by molar-refractivity contribution is 7.27. The second-order valence-corrected chi connectivity index (χ2v) is 28.7. The third-order valence-corrected chi connectivity index (χ3v) is 21.4. The van der Waals surface area contributed by atoms with Crippen LogP contribution in [0.1, 0.15) is 236 Å². The van der Waals surface area contributed by atoms with E-state index in [0.717, 1.165) is 122 Å². The second-order valence-electron chi connectivity index (χ2n) is 24.0. The molecule has 0 aliphatic carbocycles. The van der Waals surface area contributed by atoms with E-state index >= 15 is 9.59 Å². The van der Waals surface area contributed by atoms with E-state index in [1.807, 2.05) is 32.5 Å². The van der Waals surface area contributed by atoms with E-state index in [0.29, 0.717) is 42.0 Å². The molecule has 7 rings (SSSR count). The highest BCUT2D eigenvalue weighted by Crippen LogP contribution is 2.58. The van der Waals surface area contributed by atoms with Crippen LogP contribution in [0.2, 0.25) is 0 Å². The maximum absolute atomic E-state index is 15.4. The van der Waals surface area contributed by atoms with Gasteiger partial charge in [-0.2, -0.15) is 0 Å². The molecule has 2 amide bonds. The SMILES string of the molecule is CCCCC(CC)CN1C(=O)C2=C(c3ccc(-c4cc5c(s4)-c4sc(C)cc4OC5(CCCCCC(C)CCCC(C)C)CCCC(C)CCCC(C)C)s3)N(CC(CC)CCCC)C(=O)C2=C1c1ccc(C)s1. The maximum atomic E-state index is 15.4. The summed E-state index contributed by atoms with van der Waals surface area (Å²) in [5, 5.41) is 0. The van der Waals surface area contributed by atoms with Crippen molar-refractivity contribution in [1.82, 2.24) is 9.80 Å². The maximum Gasteiger partial charge on any atom is 0.261 e. The number of carbonyl (C=O) groups excluding carboxylic acids is 2. The first kappa shape index (κ1) is 58.7. The smallest absolute Gasteiger partial charge is 0.261 e. The normalized spacial score (nSPS) is 18.3. The summed E-state index contributed by atoms with van der Waals surface area (Å²) >= 11 is 7.28. The van der Waals surface area contributed by atoms with E-state index in [1.165, 1.54) is 99.0 Å². The molecule has 5 nitrogen and oxygen atoms in total. The molecule has 3 aliphatic heterocycles. The minimum absolute atomic E-state index is 0.00217. The molecule has 3 aliphatic rings. The zero-order chi connectivity index (χ0) is 53.1. The molecule has 0 fully saturated rings. The van der Waals surface area contributed by atoms with Crippen molar-refractivity contribution in [2.45, 2.75) is 230 Å². The third kappa shape index (κ3) is 14.2. The summed E-state index contributed by atoms with van der Waals surface area (Å²) in [5.74, 6) is 4.85. The van der Waals surface area contributed by atoms with Gasteiger partial charge in [-0.15, -0.1) is 45.3 Å². The first-order valence-electron chi connectivity index (χ1n) is 29.9. The van der Waals surface area contributed by atoms with Gasteiger partial charge in [0.2, 0.25) is 0 Å². The summed E-state index contributed by atoms with van der Waals surface area (Å²) in [7, 11) is 0. The zero-order valence-electron chi connectivity index (χ0n) is 48.2. The van der Waals surface area contributed by atoms with Crippen molar-refractivity contribution >= 4 is 68.6 Å². The van der Waals surface area contributed by atoms with Crippen molar-refractivity contribution in [3.05, 3.63) is 72.6 Å². The van der Waals surface area contributed by atoms with Crippen molar-refractivity contribution in [3.8, 4) is 25.3 Å². The molecule has 0 N–H and O–H groups in total. The van der Waals surface area contributed by atoms with Gasteiger partial charge in [0, 0.05) is 38.2 Å². The number of nitrogens with zero attached hydrogens (tertiary/aromatic N) is 2. The number of aryl methyl sites for hydroxylation is 2. The number of unbranched alkanes of at least 4 members (excludes halogenated alkanes) is 4. The molecule has 9 heteroatoms. The Morgan fingerprint density at radius 2 is 1.03 bits per heavy atom. The lowest BCUT2D eigenvalue weighted by Gasteiger charge is -2.38. The van der Waals surface area contributed by atoms with Crippen molar-refractivity contribution in [2.75, 3.05) is 13.1 Å². The number of hydrogen-bond acceptors (Lipinski definition) is 7. The van der Waals surface area contributed by atoms with Crippen molar-refractivity contribution in [1.29, 1.82) is 0 Å². The van der Waals surface area contributed by atoms with Crippen molar-refractivity contribution in [2.24, 2.45) is 35.5 Å². The first-order valence-corrected chi connectivity index (χ1v) is 33.1. The van der Waals surface area contributed by atoms with Gasteiger partial charge in [-0.25, -0.2) is 0 Å². The number of ether oxygens (including phenoxy) is 1. The summed E-state index contributed by atoms with van der Waals surface area (Å²) in [6.45, 7) is 29.0. The van der Waals surface area contributed by atoms with Crippen LogP contribution < -0.4 is 4.74 Å². The lowest BCUT2D eigenvalue weighted by atomic mass is 9.80. The Labute approximate surface area is 466 Å². The van der Waals surface area contributed by atoms with Crippen LogP contribution in [0, 0.1) is 49.4 Å². The van der Waals surface area contributed by atoms with E-state index in [1.54, 1.807) is 22.7 Å². The summed E-state index contributed by atoms with van der Waals surface area (Å²) in [6.07, 6.45) is 26.1. The number of carbonyl (C=O) groups is 2. The molecule has 0 spiro atoms. The molecule has 408 valence electrons. The Morgan fingerprint density at radius 3 is 1.57 bits per heavy atom. The lowest BCUT2D eigenvalue weighted by molar-refractivity contribution is -0.124. The highest BCUT2D eigenvalue weighted by Gasteiger charge is 2.50. The molecule has 74 heavy (non-hydrogen) atoms. The molecule has 0 aromatic carbocycles. The predicted octanol–water partition coefficient (Wildman–Crippen LogP) is 20.8. The number of fused-ring (bicyclic) bond motifs is 4. The molecule has 0 saturated heterocycles. The average Bonchev–Trinajstić information content (AvgIpc) is 4.24. The molecule has 7 heterocycles. The number of thiophene rings is 4. The van der Waals surface area contributed by atoms with Gasteiger partial charge in [0.15, 0.2) is 0 Å². The van der Waals surface area contributed by atoms with E-state index in [4.69, 9.17) is 4.74 Å². The highest BCUT2D eigenvalue weighted by atomic mass is 32.1. The molecule has 5 unspecified atom stereocenters. The zero-order valence-corrected chi connectivity index (χ0v) is 51.4. The van der Waals surface area contributed by atoms with Crippen LogP contribution in [-0.2, 0) is 15.2 Å². The molecule has 0 saturated carbocycles. The quantitative estimate of drug-likeness (QED) is 0.0447. The van der Waals surface area contributed by atoms with Crippen LogP contribution in [-0.4, -0.2) is 34.7 Å². The Balaban J connectivity index is 1.27. The minimum Gasteiger partial charge on any atom is -0.481 e. The third-order valence-electron chi connectivity index (χ3n) is 16.8. The Kier molecular flexibility index (Phi) is 21.9. The van der Waals surface area contributed by atoms with Gasteiger partial charge in [0.05, 0.1) is 42.0 Å². The number of rotatable bonds is 33. The molecule has 0 bridgehead atoms. The topological polar surface area (TPSA) is 49.9 Å². The Morgan fingerprint density at radius 1 is 0.500 bits per heavy atom. The molecule has 4 aromatic heterocycles. The molecule has 4 aromatic rings. The van der Waals surface area contributed by atoms with Crippen LogP contribution in [0.15, 0.2) is 47.5 Å². The molecule has 5 atom stereocenters. The Bertz CT molecular complexity index is 2510. The number of amides is 2. The summed E-state index contributed by atoms with van der Waals surface area (Å²) in [6, 6.07) is 13.6. The van der Waals surface area contributed by atoms with Crippen LogP contribution >= 0.6 is 45.3 Å². The van der Waals surface area contributed by atoms with Gasteiger partial charge < -0.3 is 14.5 Å². The van der Waals surface area contributed by atoms with E-state index in [2.05, 4.69) is 119 Å². The fraction of sp³-hybridized carbons (Fsp3) is 0.662. The van der Waals surface area contributed by atoms with Crippen molar-refractivity contribution in [3.63, 3.8) is 0 Å². The summed E-state index contributed by atoms with van der Waals surface area (Å²) < 4.78 is 7.50. The monoisotopic (exact) mass is 1080 g/mol. The van der Waals surface area contributed by atoms with E-state index < -0.39 is 0 Å². The lowest BCUT2D eigenvalue weighted by Crippen LogP contribution is -2.35. The van der Waals surface area contributed by atoms with Gasteiger partial charge >= 0.3 is 0 Å². The standard InChI is InChI=1S/C65H96N2O3S4/c1-13-17-31-49(15-3)41-66-59(54-34-33-47(11)71-54)57-58(64(66)69)60(67(63(57)68)42-50(16-4)32-18-14-2)55-36-35-53(73-55)56-40-51-61(74-56)62-52(39-48(12)72-62)70-65(51,38-24-30-46(10)29-23-26-44(7)8)37-21-19-20-27-45(9)28-22-25-43(5)6/h33-36,39-40,43-46,49-50H,13-32,37-38,41-42H2,1-12H3. The molecular weight excluding hydrogens is 985 g/mol.